The average molecular weight is 234 g/mol. The minimum atomic E-state index is -0.434. The summed E-state index contributed by atoms with van der Waals surface area (Å²) in [5.74, 6) is 2.50. The Morgan fingerprint density at radius 2 is 1.94 bits per heavy atom. The molecule has 1 aliphatic rings. The zero-order valence-electron chi connectivity index (χ0n) is 10.9. The van der Waals surface area contributed by atoms with Crippen LogP contribution in [0.5, 0.6) is 0 Å². The molecule has 94 valence electrons. The van der Waals surface area contributed by atoms with Crippen LogP contribution in [0.2, 0.25) is 0 Å². The fraction of sp³-hybridized carbons (Fsp3) is 0.643. The van der Waals surface area contributed by atoms with Crippen molar-refractivity contribution in [2.45, 2.75) is 33.3 Å². The number of anilines is 1. The average Bonchev–Trinajstić information content (AvgIpc) is 2.28. The van der Waals surface area contributed by atoms with Gasteiger partial charge < -0.3 is 10.0 Å². The number of pyridine rings is 1. The molecule has 2 unspecified atom stereocenters. The van der Waals surface area contributed by atoms with E-state index in [-0.39, 0.29) is 0 Å². The molecule has 2 rings (SSSR count). The van der Waals surface area contributed by atoms with E-state index in [9.17, 15) is 5.11 Å². The predicted octanol–water partition coefficient (Wildman–Crippen LogP) is 2.62. The fourth-order valence-electron chi connectivity index (χ4n) is 2.68. The van der Waals surface area contributed by atoms with Crippen LogP contribution in [0.15, 0.2) is 18.3 Å². The van der Waals surface area contributed by atoms with Crippen molar-refractivity contribution in [1.82, 2.24) is 4.98 Å². The summed E-state index contributed by atoms with van der Waals surface area (Å²) < 4.78 is 0. The Kier molecular flexibility index (Phi) is 3.67. The number of aromatic nitrogens is 1. The van der Waals surface area contributed by atoms with Crippen LogP contribution in [-0.4, -0.2) is 23.2 Å². The molecule has 1 fully saturated rings. The van der Waals surface area contributed by atoms with Gasteiger partial charge in [-0.3, -0.25) is 0 Å². The number of piperidine rings is 1. The van der Waals surface area contributed by atoms with Crippen molar-refractivity contribution in [2.24, 2.45) is 11.8 Å². The first-order chi connectivity index (χ1) is 8.06. The van der Waals surface area contributed by atoms with Crippen molar-refractivity contribution < 1.29 is 5.11 Å². The molecule has 1 saturated heterocycles. The van der Waals surface area contributed by atoms with Crippen LogP contribution in [0.1, 0.15) is 38.9 Å². The first-order valence-corrected chi connectivity index (χ1v) is 6.45. The number of aliphatic hydroxyl groups excluding tert-OH is 1. The first-order valence-electron chi connectivity index (χ1n) is 6.45. The zero-order chi connectivity index (χ0) is 12.4. The van der Waals surface area contributed by atoms with Crippen LogP contribution >= 0.6 is 0 Å². The summed E-state index contributed by atoms with van der Waals surface area (Å²) in [5.41, 5.74) is 0.881. The van der Waals surface area contributed by atoms with E-state index in [2.05, 4.69) is 23.7 Å². The third kappa shape index (κ3) is 2.97. The molecule has 3 atom stereocenters. The maximum atomic E-state index is 9.46. The summed E-state index contributed by atoms with van der Waals surface area (Å²) in [6, 6.07) is 3.99. The Bertz CT molecular complexity index is 351. The van der Waals surface area contributed by atoms with Gasteiger partial charge in [0.1, 0.15) is 5.82 Å². The largest absolute Gasteiger partial charge is 0.389 e. The molecule has 0 aromatic carbocycles. The highest BCUT2D eigenvalue weighted by Crippen LogP contribution is 2.25. The van der Waals surface area contributed by atoms with Gasteiger partial charge in [0, 0.05) is 19.3 Å². The highest BCUT2D eigenvalue weighted by Gasteiger charge is 2.22. The van der Waals surface area contributed by atoms with Crippen molar-refractivity contribution in [3.8, 4) is 0 Å². The molecule has 0 aliphatic carbocycles. The molecule has 1 aliphatic heterocycles. The highest BCUT2D eigenvalue weighted by molar-refractivity contribution is 5.40. The minimum absolute atomic E-state index is 0.434. The Hall–Kier alpha value is -1.09. The maximum absolute atomic E-state index is 9.46. The normalized spacial score (nSPS) is 26.9. The third-order valence-corrected chi connectivity index (χ3v) is 3.45. The second kappa shape index (κ2) is 5.05. The molecule has 0 amide bonds. The second-order valence-corrected chi connectivity index (χ2v) is 5.48. The fourth-order valence-corrected chi connectivity index (χ4v) is 2.68. The topological polar surface area (TPSA) is 36.4 Å². The smallest absolute Gasteiger partial charge is 0.128 e. The number of rotatable bonds is 2. The van der Waals surface area contributed by atoms with E-state index >= 15 is 0 Å². The van der Waals surface area contributed by atoms with Gasteiger partial charge in [0.05, 0.1) is 6.10 Å². The van der Waals surface area contributed by atoms with Crippen LogP contribution in [0.25, 0.3) is 0 Å². The van der Waals surface area contributed by atoms with Crippen molar-refractivity contribution >= 4 is 5.82 Å². The molecule has 1 N–H and O–H groups in total. The molecule has 3 heteroatoms. The third-order valence-electron chi connectivity index (χ3n) is 3.45. The molecule has 0 spiro atoms. The van der Waals surface area contributed by atoms with Gasteiger partial charge >= 0.3 is 0 Å². The summed E-state index contributed by atoms with van der Waals surface area (Å²) in [6.45, 7) is 8.54. The van der Waals surface area contributed by atoms with Crippen LogP contribution in [0.3, 0.4) is 0 Å². The quantitative estimate of drug-likeness (QED) is 0.854. The number of aliphatic hydroxyl groups is 1. The van der Waals surface area contributed by atoms with Gasteiger partial charge in [0.2, 0.25) is 0 Å². The number of nitrogens with zero attached hydrogens (tertiary/aromatic N) is 2. The Labute approximate surface area is 103 Å². The van der Waals surface area contributed by atoms with Crippen molar-refractivity contribution in [3.63, 3.8) is 0 Å². The first kappa shape index (κ1) is 12.4. The van der Waals surface area contributed by atoms with Crippen molar-refractivity contribution in [2.75, 3.05) is 18.0 Å². The summed E-state index contributed by atoms with van der Waals surface area (Å²) in [6.07, 6.45) is 2.65. The summed E-state index contributed by atoms with van der Waals surface area (Å²) in [5, 5.41) is 9.46. The van der Waals surface area contributed by atoms with Gasteiger partial charge in [-0.15, -0.1) is 0 Å². The van der Waals surface area contributed by atoms with E-state index in [1.54, 1.807) is 13.1 Å². The second-order valence-electron chi connectivity index (χ2n) is 5.48. The summed E-state index contributed by atoms with van der Waals surface area (Å²) in [4.78, 5) is 6.81. The van der Waals surface area contributed by atoms with Crippen LogP contribution < -0.4 is 4.90 Å². The van der Waals surface area contributed by atoms with Gasteiger partial charge in [0.15, 0.2) is 0 Å². The monoisotopic (exact) mass is 234 g/mol. The summed E-state index contributed by atoms with van der Waals surface area (Å²) in [7, 11) is 0. The van der Waals surface area contributed by atoms with Crippen molar-refractivity contribution in [1.29, 1.82) is 0 Å². The molecule has 0 radical (unpaired) electrons. The van der Waals surface area contributed by atoms with Gasteiger partial charge in [-0.25, -0.2) is 4.98 Å². The van der Waals surface area contributed by atoms with Crippen LogP contribution in [0, 0.1) is 11.8 Å². The molecule has 3 nitrogen and oxygen atoms in total. The van der Waals surface area contributed by atoms with E-state index in [0.717, 1.165) is 36.3 Å². The minimum Gasteiger partial charge on any atom is -0.389 e. The molecule has 17 heavy (non-hydrogen) atoms. The van der Waals surface area contributed by atoms with E-state index in [4.69, 9.17) is 0 Å². The Morgan fingerprint density at radius 3 is 2.41 bits per heavy atom. The van der Waals surface area contributed by atoms with Gasteiger partial charge in [-0.05, 0) is 36.8 Å². The highest BCUT2D eigenvalue weighted by atomic mass is 16.3. The van der Waals surface area contributed by atoms with E-state index in [1.807, 2.05) is 12.1 Å². The lowest BCUT2D eigenvalue weighted by molar-refractivity contribution is 0.199. The summed E-state index contributed by atoms with van der Waals surface area (Å²) >= 11 is 0. The van der Waals surface area contributed by atoms with Gasteiger partial charge in [-0.1, -0.05) is 19.9 Å². The molecule has 2 heterocycles. The lowest BCUT2D eigenvalue weighted by Gasteiger charge is -2.35. The lowest BCUT2D eigenvalue weighted by atomic mass is 9.92. The predicted molar refractivity (Wildman–Crippen MR) is 70.0 cm³/mol. The molecular formula is C14H22N2O. The lowest BCUT2D eigenvalue weighted by Crippen LogP contribution is -2.39. The Balaban J connectivity index is 2.11. The molecular weight excluding hydrogens is 212 g/mol. The van der Waals surface area contributed by atoms with Crippen LogP contribution in [-0.2, 0) is 0 Å². The van der Waals surface area contributed by atoms with E-state index < -0.39 is 6.10 Å². The molecule has 0 saturated carbocycles. The van der Waals surface area contributed by atoms with Crippen LogP contribution in [0.4, 0.5) is 5.82 Å². The molecule has 1 aromatic heterocycles. The van der Waals surface area contributed by atoms with Gasteiger partial charge in [0.25, 0.3) is 0 Å². The van der Waals surface area contributed by atoms with E-state index in [0.29, 0.717) is 0 Å². The van der Waals surface area contributed by atoms with Gasteiger partial charge in [-0.2, -0.15) is 0 Å². The maximum Gasteiger partial charge on any atom is 0.128 e. The molecule has 1 aromatic rings. The van der Waals surface area contributed by atoms with E-state index in [1.165, 1.54) is 6.42 Å². The Morgan fingerprint density at radius 1 is 1.29 bits per heavy atom. The zero-order valence-corrected chi connectivity index (χ0v) is 10.9. The number of hydrogen-bond donors (Lipinski definition) is 1. The standard InChI is InChI=1S/C14H22N2O/c1-10-6-11(2)9-16(8-10)14-5-4-13(7-15-14)12(3)17/h4-5,7,10-12,17H,6,8-9H2,1-3H3/t10?,11?,12-/m0/s1. The van der Waals surface area contributed by atoms with Crippen molar-refractivity contribution in [3.05, 3.63) is 23.9 Å². The molecule has 0 bridgehead atoms. The SMILES string of the molecule is CC1CC(C)CN(c2ccc([C@H](C)O)cn2)C1. The number of hydrogen-bond acceptors (Lipinski definition) is 3.